The van der Waals surface area contributed by atoms with Crippen molar-refractivity contribution < 1.29 is 4.79 Å². The zero-order valence-corrected chi connectivity index (χ0v) is 9.76. The van der Waals surface area contributed by atoms with E-state index in [4.69, 9.17) is 5.73 Å². The molecule has 2 nitrogen and oxygen atoms in total. The van der Waals surface area contributed by atoms with Gasteiger partial charge in [-0.25, -0.2) is 0 Å². The average Bonchev–Trinajstić information content (AvgIpc) is 2.26. The first-order valence-electron chi connectivity index (χ1n) is 5.58. The first-order valence-corrected chi connectivity index (χ1v) is 5.58. The van der Waals surface area contributed by atoms with Gasteiger partial charge in [0.1, 0.15) is 0 Å². The lowest BCUT2D eigenvalue weighted by atomic mass is 9.94. The molecule has 0 aliphatic heterocycles. The lowest BCUT2D eigenvalue weighted by Gasteiger charge is -2.11. The third kappa shape index (κ3) is 2.38. The summed E-state index contributed by atoms with van der Waals surface area (Å²) in [6.07, 6.45) is 2.82. The Hall–Kier alpha value is -1.31. The first kappa shape index (κ1) is 11.8. The highest BCUT2D eigenvalue weighted by molar-refractivity contribution is 5.94. The number of rotatable bonds is 4. The van der Waals surface area contributed by atoms with E-state index in [0.29, 0.717) is 5.56 Å². The SMILES string of the molecule is CCc1cc(CC)c(C(N)=O)cc1CC. The molecule has 0 aliphatic rings. The number of hydrogen-bond acceptors (Lipinski definition) is 1. The highest BCUT2D eigenvalue weighted by Crippen LogP contribution is 2.19. The van der Waals surface area contributed by atoms with Crippen molar-refractivity contribution in [2.24, 2.45) is 5.73 Å². The van der Waals surface area contributed by atoms with Crippen molar-refractivity contribution in [3.8, 4) is 0 Å². The fourth-order valence-electron chi connectivity index (χ4n) is 1.92. The van der Waals surface area contributed by atoms with Crippen LogP contribution in [0.3, 0.4) is 0 Å². The molecule has 82 valence electrons. The Labute approximate surface area is 91.5 Å². The summed E-state index contributed by atoms with van der Waals surface area (Å²) in [5.41, 5.74) is 9.69. The maximum Gasteiger partial charge on any atom is 0.248 e. The van der Waals surface area contributed by atoms with E-state index in [1.807, 2.05) is 13.0 Å². The van der Waals surface area contributed by atoms with Crippen LogP contribution >= 0.6 is 0 Å². The summed E-state index contributed by atoms with van der Waals surface area (Å²) in [4.78, 5) is 11.3. The minimum atomic E-state index is -0.316. The summed E-state index contributed by atoms with van der Waals surface area (Å²) in [6.45, 7) is 6.29. The van der Waals surface area contributed by atoms with Gasteiger partial charge in [-0.15, -0.1) is 0 Å². The van der Waals surface area contributed by atoms with Gasteiger partial charge in [-0.1, -0.05) is 26.8 Å². The van der Waals surface area contributed by atoms with Crippen LogP contribution < -0.4 is 5.73 Å². The van der Waals surface area contributed by atoms with E-state index in [-0.39, 0.29) is 5.91 Å². The molecule has 1 aromatic rings. The Morgan fingerprint density at radius 2 is 1.47 bits per heavy atom. The molecule has 0 bridgehead atoms. The molecule has 1 amide bonds. The van der Waals surface area contributed by atoms with Crippen molar-refractivity contribution >= 4 is 5.91 Å². The molecule has 0 saturated carbocycles. The third-order valence-corrected chi connectivity index (χ3v) is 2.83. The molecular weight excluding hydrogens is 186 g/mol. The Bertz CT molecular complexity index is 369. The highest BCUT2D eigenvalue weighted by atomic mass is 16.1. The molecule has 2 N–H and O–H groups in total. The zero-order valence-electron chi connectivity index (χ0n) is 9.76. The minimum absolute atomic E-state index is 0.316. The van der Waals surface area contributed by atoms with Crippen LogP contribution in [0.4, 0.5) is 0 Å². The van der Waals surface area contributed by atoms with E-state index in [2.05, 4.69) is 19.9 Å². The number of benzene rings is 1. The summed E-state index contributed by atoms with van der Waals surface area (Å²) in [7, 11) is 0. The van der Waals surface area contributed by atoms with Crippen LogP contribution in [0, 0.1) is 0 Å². The summed E-state index contributed by atoms with van der Waals surface area (Å²) < 4.78 is 0. The van der Waals surface area contributed by atoms with Crippen molar-refractivity contribution in [1.29, 1.82) is 0 Å². The van der Waals surface area contributed by atoms with Crippen molar-refractivity contribution in [3.63, 3.8) is 0 Å². The number of carbonyl (C=O) groups excluding carboxylic acids is 1. The van der Waals surface area contributed by atoms with E-state index in [0.717, 1.165) is 24.8 Å². The van der Waals surface area contributed by atoms with E-state index >= 15 is 0 Å². The normalized spacial score (nSPS) is 10.3. The second kappa shape index (κ2) is 4.96. The van der Waals surface area contributed by atoms with Gasteiger partial charge in [0.25, 0.3) is 0 Å². The topological polar surface area (TPSA) is 43.1 Å². The maximum atomic E-state index is 11.3. The number of nitrogens with two attached hydrogens (primary N) is 1. The molecule has 0 spiro atoms. The highest BCUT2D eigenvalue weighted by Gasteiger charge is 2.10. The first-order chi connectivity index (χ1) is 7.13. The monoisotopic (exact) mass is 205 g/mol. The van der Waals surface area contributed by atoms with Gasteiger partial charge in [-0.05, 0) is 42.0 Å². The van der Waals surface area contributed by atoms with Gasteiger partial charge in [-0.2, -0.15) is 0 Å². The van der Waals surface area contributed by atoms with Crippen LogP contribution in [-0.4, -0.2) is 5.91 Å². The molecule has 0 heterocycles. The van der Waals surface area contributed by atoms with Crippen LogP contribution in [0.5, 0.6) is 0 Å². The van der Waals surface area contributed by atoms with E-state index in [9.17, 15) is 4.79 Å². The van der Waals surface area contributed by atoms with Gasteiger partial charge in [0.05, 0.1) is 0 Å². The molecule has 15 heavy (non-hydrogen) atoms. The largest absolute Gasteiger partial charge is 0.366 e. The molecule has 0 atom stereocenters. The van der Waals surface area contributed by atoms with Crippen LogP contribution in [-0.2, 0) is 19.3 Å². The Morgan fingerprint density at radius 1 is 1.00 bits per heavy atom. The van der Waals surface area contributed by atoms with Gasteiger partial charge in [0, 0.05) is 5.56 Å². The van der Waals surface area contributed by atoms with E-state index in [1.165, 1.54) is 11.1 Å². The lowest BCUT2D eigenvalue weighted by molar-refractivity contribution is 0.0999. The average molecular weight is 205 g/mol. The van der Waals surface area contributed by atoms with Gasteiger partial charge in [-0.3, -0.25) is 4.79 Å². The molecule has 0 saturated heterocycles. The fraction of sp³-hybridized carbons (Fsp3) is 0.462. The second-order valence-electron chi connectivity index (χ2n) is 3.70. The Kier molecular flexibility index (Phi) is 3.89. The zero-order chi connectivity index (χ0) is 11.4. The molecule has 2 heteroatoms. The van der Waals surface area contributed by atoms with Crippen LogP contribution in [0.25, 0.3) is 0 Å². The van der Waals surface area contributed by atoms with Crippen molar-refractivity contribution in [1.82, 2.24) is 0 Å². The van der Waals surface area contributed by atoms with E-state index in [1.54, 1.807) is 0 Å². The van der Waals surface area contributed by atoms with Crippen molar-refractivity contribution in [3.05, 3.63) is 34.4 Å². The van der Waals surface area contributed by atoms with Crippen LogP contribution in [0.15, 0.2) is 12.1 Å². The van der Waals surface area contributed by atoms with Crippen LogP contribution in [0.1, 0.15) is 47.8 Å². The van der Waals surface area contributed by atoms with Crippen molar-refractivity contribution in [2.75, 3.05) is 0 Å². The molecule has 0 radical (unpaired) electrons. The summed E-state index contributed by atoms with van der Waals surface area (Å²) in [6, 6.07) is 4.08. The predicted molar refractivity (Wildman–Crippen MR) is 63.1 cm³/mol. The second-order valence-corrected chi connectivity index (χ2v) is 3.70. The van der Waals surface area contributed by atoms with Gasteiger partial charge in [0.2, 0.25) is 5.91 Å². The Balaban J connectivity index is 3.34. The van der Waals surface area contributed by atoms with Crippen molar-refractivity contribution in [2.45, 2.75) is 40.0 Å². The quantitative estimate of drug-likeness (QED) is 0.806. The predicted octanol–water partition coefficient (Wildman–Crippen LogP) is 2.47. The molecule has 0 aliphatic carbocycles. The summed E-state index contributed by atoms with van der Waals surface area (Å²) in [5.74, 6) is -0.316. The Morgan fingerprint density at radius 3 is 1.87 bits per heavy atom. The number of aryl methyl sites for hydroxylation is 3. The molecule has 0 fully saturated rings. The molecule has 0 unspecified atom stereocenters. The van der Waals surface area contributed by atoms with E-state index < -0.39 is 0 Å². The number of primary amides is 1. The fourth-order valence-corrected chi connectivity index (χ4v) is 1.92. The summed E-state index contributed by atoms with van der Waals surface area (Å²) in [5, 5.41) is 0. The van der Waals surface area contributed by atoms with Gasteiger partial charge < -0.3 is 5.73 Å². The third-order valence-electron chi connectivity index (χ3n) is 2.83. The number of carbonyl (C=O) groups is 1. The number of amides is 1. The minimum Gasteiger partial charge on any atom is -0.366 e. The smallest absolute Gasteiger partial charge is 0.248 e. The molecule has 0 aromatic heterocycles. The standard InChI is InChI=1S/C13H19NO/c1-4-9-7-11(6-3)12(13(14)15)8-10(9)5-2/h7-8H,4-6H2,1-3H3,(H2,14,15). The number of hydrogen-bond donors (Lipinski definition) is 1. The molecule has 1 rings (SSSR count). The summed E-state index contributed by atoms with van der Waals surface area (Å²) >= 11 is 0. The maximum absolute atomic E-state index is 11.3. The van der Waals surface area contributed by atoms with Crippen LogP contribution in [0.2, 0.25) is 0 Å². The van der Waals surface area contributed by atoms with Gasteiger partial charge >= 0.3 is 0 Å². The molecular formula is C13H19NO. The molecule has 1 aromatic carbocycles. The lowest BCUT2D eigenvalue weighted by Crippen LogP contribution is -2.15. The van der Waals surface area contributed by atoms with Gasteiger partial charge in [0.15, 0.2) is 0 Å².